The second-order valence-electron chi connectivity index (χ2n) is 3.36. The lowest BCUT2D eigenvalue weighted by molar-refractivity contribution is 0.00195. The smallest absolute Gasteiger partial charge is 0.112 e. The molecule has 0 radical (unpaired) electrons. The van der Waals surface area contributed by atoms with Gasteiger partial charge in [-0.3, -0.25) is 5.32 Å². The highest BCUT2D eigenvalue weighted by Gasteiger charge is 2.12. The standard InChI is InChI=1S/C11H15NO.ClH/c1-2-5-10(6-3-1)9-11-12-7-4-8-13-11;/h1-3,5-6,11-12H,4,7-9H2;1H. The first kappa shape index (κ1) is 11.5. The van der Waals surface area contributed by atoms with E-state index in [2.05, 4.69) is 29.6 Å². The van der Waals surface area contributed by atoms with Crippen molar-refractivity contribution >= 4 is 12.4 Å². The van der Waals surface area contributed by atoms with Crippen molar-refractivity contribution in [1.82, 2.24) is 5.32 Å². The quantitative estimate of drug-likeness (QED) is 0.812. The van der Waals surface area contributed by atoms with E-state index in [0.29, 0.717) is 0 Å². The van der Waals surface area contributed by atoms with E-state index in [9.17, 15) is 0 Å². The molecule has 1 aromatic rings. The highest BCUT2D eigenvalue weighted by atomic mass is 35.5. The maximum absolute atomic E-state index is 5.57. The Morgan fingerprint density at radius 3 is 2.71 bits per heavy atom. The first-order valence-corrected chi connectivity index (χ1v) is 4.84. The van der Waals surface area contributed by atoms with Gasteiger partial charge in [-0.1, -0.05) is 30.3 Å². The first-order chi connectivity index (χ1) is 6.45. The Labute approximate surface area is 91.1 Å². The van der Waals surface area contributed by atoms with Gasteiger partial charge in [0.25, 0.3) is 0 Å². The fourth-order valence-electron chi connectivity index (χ4n) is 1.58. The van der Waals surface area contributed by atoms with Gasteiger partial charge in [0.05, 0.1) is 0 Å². The maximum Gasteiger partial charge on any atom is 0.112 e. The van der Waals surface area contributed by atoms with Crippen LogP contribution in [0.4, 0.5) is 0 Å². The first-order valence-electron chi connectivity index (χ1n) is 4.84. The largest absolute Gasteiger partial charge is 0.363 e. The molecule has 0 saturated carbocycles. The molecule has 1 heterocycles. The van der Waals surface area contributed by atoms with Gasteiger partial charge in [-0.15, -0.1) is 12.4 Å². The van der Waals surface area contributed by atoms with Crippen LogP contribution in [0.5, 0.6) is 0 Å². The van der Waals surface area contributed by atoms with Crippen LogP contribution in [0.2, 0.25) is 0 Å². The fraction of sp³-hybridized carbons (Fsp3) is 0.455. The molecule has 1 N–H and O–H groups in total. The summed E-state index contributed by atoms with van der Waals surface area (Å²) >= 11 is 0. The molecule has 14 heavy (non-hydrogen) atoms. The Morgan fingerprint density at radius 2 is 2.07 bits per heavy atom. The van der Waals surface area contributed by atoms with E-state index in [0.717, 1.165) is 26.0 Å². The van der Waals surface area contributed by atoms with E-state index >= 15 is 0 Å². The Bertz CT molecular complexity index is 247. The molecule has 0 aliphatic carbocycles. The van der Waals surface area contributed by atoms with Gasteiger partial charge in [0.2, 0.25) is 0 Å². The number of halogens is 1. The third kappa shape index (κ3) is 3.29. The van der Waals surface area contributed by atoms with Crippen LogP contribution in [0, 0.1) is 0 Å². The van der Waals surface area contributed by atoms with Crippen LogP contribution in [0.25, 0.3) is 0 Å². The number of benzene rings is 1. The van der Waals surface area contributed by atoms with Crippen molar-refractivity contribution in [2.75, 3.05) is 13.2 Å². The number of hydrogen-bond donors (Lipinski definition) is 1. The zero-order valence-electron chi connectivity index (χ0n) is 8.11. The van der Waals surface area contributed by atoms with Crippen molar-refractivity contribution < 1.29 is 4.74 Å². The van der Waals surface area contributed by atoms with Gasteiger partial charge in [-0.25, -0.2) is 0 Å². The van der Waals surface area contributed by atoms with E-state index < -0.39 is 0 Å². The minimum absolute atomic E-state index is 0. The molecule has 1 aromatic carbocycles. The molecule has 1 unspecified atom stereocenters. The Balaban J connectivity index is 0.000000980. The molecule has 3 heteroatoms. The van der Waals surface area contributed by atoms with Gasteiger partial charge in [0.1, 0.15) is 6.23 Å². The molecule has 0 amide bonds. The van der Waals surface area contributed by atoms with Gasteiger partial charge < -0.3 is 4.74 Å². The van der Waals surface area contributed by atoms with Crippen molar-refractivity contribution in [2.45, 2.75) is 19.1 Å². The van der Waals surface area contributed by atoms with E-state index in [-0.39, 0.29) is 18.6 Å². The Morgan fingerprint density at radius 1 is 1.29 bits per heavy atom. The highest BCUT2D eigenvalue weighted by Crippen LogP contribution is 2.06. The van der Waals surface area contributed by atoms with Crippen LogP contribution < -0.4 is 5.32 Å². The summed E-state index contributed by atoms with van der Waals surface area (Å²) in [6.45, 7) is 1.97. The monoisotopic (exact) mass is 213 g/mol. The third-order valence-electron chi connectivity index (χ3n) is 2.28. The molecule has 1 aliphatic rings. The topological polar surface area (TPSA) is 21.3 Å². The summed E-state index contributed by atoms with van der Waals surface area (Å²) in [6.07, 6.45) is 2.32. The molecule has 1 aliphatic heterocycles. The maximum atomic E-state index is 5.57. The van der Waals surface area contributed by atoms with Crippen LogP contribution in [-0.2, 0) is 11.2 Å². The molecule has 2 rings (SSSR count). The number of ether oxygens (including phenoxy) is 1. The van der Waals surface area contributed by atoms with Gasteiger partial charge >= 0.3 is 0 Å². The molecule has 0 spiro atoms. The molecular formula is C11H16ClNO. The van der Waals surface area contributed by atoms with Crippen molar-refractivity contribution in [3.05, 3.63) is 35.9 Å². The summed E-state index contributed by atoms with van der Waals surface area (Å²) in [5, 5.41) is 3.35. The molecule has 2 nitrogen and oxygen atoms in total. The second-order valence-corrected chi connectivity index (χ2v) is 3.36. The summed E-state index contributed by atoms with van der Waals surface area (Å²) in [6, 6.07) is 10.5. The lowest BCUT2D eigenvalue weighted by Gasteiger charge is -2.24. The average molecular weight is 214 g/mol. The summed E-state index contributed by atoms with van der Waals surface area (Å²) in [5.41, 5.74) is 1.34. The lowest BCUT2D eigenvalue weighted by Crippen LogP contribution is -2.39. The molecule has 1 atom stereocenters. The van der Waals surface area contributed by atoms with Crippen molar-refractivity contribution in [1.29, 1.82) is 0 Å². The average Bonchev–Trinajstić information content (AvgIpc) is 2.21. The summed E-state index contributed by atoms with van der Waals surface area (Å²) in [7, 11) is 0. The number of nitrogens with one attached hydrogen (secondary N) is 1. The summed E-state index contributed by atoms with van der Waals surface area (Å²) < 4.78 is 5.57. The summed E-state index contributed by atoms with van der Waals surface area (Å²) in [5.74, 6) is 0. The number of rotatable bonds is 2. The zero-order chi connectivity index (χ0) is 8.93. The van der Waals surface area contributed by atoms with Crippen LogP contribution >= 0.6 is 12.4 Å². The van der Waals surface area contributed by atoms with E-state index in [1.807, 2.05) is 6.07 Å². The van der Waals surface area contributed by atoms with Crippen molar-refractivity contribution in [3.63, 3.8) is 0 Å². The summed E-state index contributed by atoms with van der Waals surface area (Å²) in [4.78, 5) is 0. The van der Waals surface area contributed by atoms with Crippen molar-refractivity contribution in [2.24, 2.45) is 0 Å². The third-order valence-corrected chi connectivity index (χ3v) is 2.28. The molecular weight excluding hydrogens is 198 g/mol. The molecule has 0 bridgehead atoms. The SMILES string of the molecule is Cl.c1ccc(CC2NCCCO2)cc1. The van der Waals surface area contributed by atoms with Gasteiger partial charge in [0.15, 0.2) is 0 Å². The van der Waals surface area contributed by atoms with E-state index in [1.54, 1.807) is 0 Å². The van der Waals surface area contributed by atoms with E-state index in [1.165, 1.54) is 5.56 Å². The normalized spacial score (nSPS) is 21.3. The highest BCUT2D eigenvalue weighted by molar-refractivity contribution is 5.85. The predicted octanol–water partition coefficient (Wildman–Crippen LogP) is 1.99. The van der Waals surface area contributed by atoms with Gasteiger partial charge in [-0.05, 0) is 18.5 Å². The van der Waals surface area contributed by atoms with Crippen LogP contribution in [0.15, 0.2) is 30.3 Å². The Hall–Kier alpha value is -0.570. The molecule has 1 fully saturated rings. The fourth-order valence-corrected chi connectivity index (χ4v) is 1.58. The van der Waals surface area contributed by atoms with Crippen LogP contribution in [0.3, 0.4) is 0 Å². The van der Waals surface area contributed by atoms with Crippen LogP contribution in [0.1, 0.15) is 12.0 Å². The van der Waals surface area contributed by atoms with Crippen molar-refractivity contribution in [3.8, 4) is 0 Å². The second kappa shape index (κ2) is 6.02. The minimum Gasteiger partial charge on any atom is -0.363 e. The molecule has 78 valence electrons. The lowest BCUT2D eigenvalue weighted by atomic mass is 10.1. The minimum atomic E-state index is 0. The molecule has 1 saturated heterocycles. The Kier molecular flexibility index (Phi) is 4.94. The zero-order valence-corrected chi connectivity index (χ0v) is 8.93. The predicted molar refractivity (Wildman–Crippen MR) is 59.8 cm³/mol. The molecule has 0 aromatic heterocycles. The van der Waals surface area contributed by atoms with Gasteiger partial charge in [-0.2, -0.15) is 0 Å². The van der Waals surface area contributed by atoms with E-state index in [4.69, 9.17) is 4.74 Å². The number of hydrogen-bond acceptors (Lipinski definition) is 2. The van der Waals surface area contributed by atoms with Crippen LogP contribution in [-0.4, -0.2) is 19.4 Å². The van der Waals surface area contributed by atoms with Gasteiger partial charge in [0, 0.05) is 13.0 Å².